The van der Waals surface area contributed by atoms with Crippen LogP contribution in [-0.4, -0.2) is 18.1 Å². The van der Waals surface area contributed by atoms with E-state index in [1.165, 1.54) is 12.8 Å². The van der Waals surface area contributed by atoms with Crippen LogP contribution in [0.25, 0.3) is 0 Å². The second-order valence-corrected chi connectivity index (χ2v) is 7.61. The number of carbonyl (C=O) groups is 1. The van der Waals surface area contributed by atoms with Crippen molar-refractivity contribution in [2.75, 3.05) is 0 Å². The average Bonchev–Trinajstić information content (AvgIpc) is 2.37. The Morgan fingerprint density at radius 2 is 1.86 bits per heavy atom. The van der Waals surface area contributed by atoms with Crippen molar-refractivity contribution in [3.8, 4) is 0 Å². The zero-order valence-electron chi connectivity index (χ0n) is 14.6. The Morgan fingerprint density at radius 1 is 1.19 bits per heavy atom. The van der Waals surface area contributed by atoms with Crippen LogP contribution in [0, 0.1) is 23.7 Å². The minimum Gasteiger partial charge on any atom is -0.462 e. The normalized spacial score (nSPS) is 29.2. The zero-order chi connectivity index (χ0) is 16.0. The summed E-state index contributed by atoms with van der Waals surface area (Å²) in [4.78, 5) is 12.3. The molecule has 1 aliphatic carbocycles. The van der Waals surface area contributed by atoms with Crippen LogP contribution < -0.4 is 5.73 Å². The minimum atomic E-state index is -0.00979. The summed E-state index contributed by atoms with van der Waals surface area (Å²) >= 11 is 0. The highest BCUT2D eigenvalue weighted by Crippen LogP contribution is 2.35. The van der Waals surface area contributed by atoms with Gasteiger partial charge < -0.3 is 10.5 Å². The molecule has 0 aromatic rings. The van der Waals surface area contributed by atoms with E-state index in [2.05, 4.69) is 20.8 Å². The third kappa shape index (κ3) is 6.37. The van der Waals surface area contributed by atoms with Crippen LogP contribution in [0.15, 0.2) is 0 Å². The number of hydrogen-bond donors (Lipinski definition) is 1. The van der Waals surface area contributed by atoms with Crippen LogP contribution >= 0.6 is 0 Å². The molecular formula is C18H35NO2. The smallest absolute Gasteiger partial charge is 0.308 e. The van der Waals surface area contributed by atoms with E-state index in [4.69, 9.17) is 10.5 Å². The third-order valence-electron chi connectivity index (χ3n) is 4.93. The molecule has 0 spiro atoms. The number of rotatable bonds is 7. The molecule has 1 aliphatic rings. The van der Waals surface area contributed by atoms with Gasteiger partial charge in [0.2, 0.25) is 0 Å². The Balaban J connectivity index is 2.46. The molecule has 2 N–H and O–H groups in total. The lowest BCUT2D eigenvalue weighted by atomic mass is 9.75. The number of hydrogen-bond acceptors (Lipinski definition) is 3. The van der Waals surface area contributed by atoms with Crippen molar-refractivity contribution in [1.82, 2.24) is 0 Å². The molecule has 5 unspecified atom stereocenters. The maximum atomic E-state index is 12.3. The molecule has 3 heteroatoms. The fourth-order valence-corrected chi connectivity index (χ4v) is 3.38. The van der Waals surface area contributed by atoms with Crippen molar-refractivity contribution in [3.05, 3.63) is 0 Å². The van der Waals surface area contributed by atoms with E-state index in [1.54, 1.807) is 0 Å². The summed E-state index contributed by atoms with van der Waals surface area (Å²) < 4.78 is 5.88. The van der Waals surface area contributed by atoms with Crippen LogP contribution in [-0.2, 0) is 9.53 Å². The number of nitrogens with two attached hydrogens (primary N) is 1. The summed E-state index contributed by atoms with van der Waals surface area (Å²) in [6, 6.07) is 0.220. The van der Waals surface area contributed by atoms with Crippen molar-refractivity contribution in [3.63, 3.8) is 0 Å². The van der Waals surface area contributed by atoms with E-state index >= 15 is 0 Å². The first-order valence-corrected chi connectivity index (χ1v) is 8.77. The summed E-state index contributed by atoms with van der Waals surface area (Å²) in [7, 11) is 0. The van der Waals surface area contributed by atoms with Gasteiger partial charge in [0.15, 0.2) is 0 Å². The first kappa shape index (κ1) is 18.5. The molecule has 0 bridgehead atoms. The average molecular weight is 297 g/mol. The lowest BCUT2D eigenvalue weighted by Gasteiger charge is -2.37. The Morgan fingerprint density at radius 3 is 2.43 bits per heavy atom. The maximum Gasteiger partial charge on any atom is 0.308 e. The molecular weight excluding hydrogens is 262 g/mol. The molecule has 5 atom stereocenters. The summed E-state index contributed by atoms with van der Waals surface area (Å²) in [6.45, 7) is 10.8. The summed E-state index contributed by atoms with van der Waals surface area (Å²) in [5.41, 5.74) is 5.75. The van der Waals surface area contributed by atoms with Gasteiger partial charge in [-0.2, -0.15) is 0 Å². The van der Waals surface area contributed by atoms with Crippen LogP contribution in [0.4, 0.5) is 0 Å². The van der Waals surface area contributed by atoms with Crippen LogP contribution in [0.3, 0.4) is 0 Å². The fourth-order valence-electron chi connectivity index (χ4n) is 3.38. The van der Waals surface area contributed by atoms with E-state index in [9.17, 15) is 4.79 Å². The molecule has 1 saturated carbocycles. The van der Waals surface area contributed by atoms with E-state index in [0.717, 1.165) is 25.7 Å². The molecule has 0 aromatic heterocycles. The number of esters is 1. The minimum absolute atomic E-state index is 0.00575. The van der Waals surface area contributed by atoms with Crippen molar-refractivity contribution >= 4 is 5.97 Å². The van der Waals surface area contributed by atoms with Crippen LogP contribution in [0.1, 0.15) is 73.1 Å². The molecule has 1 fully saturated rings. The zero-order valence-corrected chi connectivity index (χ0v) is 14.6. The van der Waals surface area contributed by atoms with Crippen molar-refractivity contribution < 1.29 is 9.53 Å². The monoisotopic (exact) mass is 297 g/mol. The van der Waals surface area contributed by atoms with Crippen LogP contribution in [0.5, 0.6) is 0 Å². The van der Waals surface area contributed by atoms with Gasteiger partial charge >= 0.3 is 5.97 Å². The Labute approximate surface area is 131 Å². The van der Waals surface area contributed by atoms with Gasteiger partial charge in [-0.05, 0) is 50.4 Å². The fraction of sp³-hybridized carbons (Fsp3) is 0.944. The van der Waals surface area contributed by atoms with Crippen molar-refractivity contribution in [2.24, 2.45) is 29.4 Å². The Hall–Kier alpha value is -0.570. The van der Waals surface area contributed by atoms with Gasteiger partial charge in [-0.15, -0.1) is 0 Å². The Kier molecular flexibility index (Phi) is 7.72. The first-order valence-electron chi connectivity index (χ1n) is 8.77. The van der Waals surface area contributed by atoms with Gasteiger partial charge in [-0.3, -0.25) is 4.79 Å². The molecule has 0 aromatic carbocycles. The lowest BCUT2D eigenvalue weighted by Crippen LogP contribution is -2.37. The molecule has 3 nitrogen and oxygen atoms in total. The van der Waals surface area contributed by atoms with Gasteiger partial charge in [0.25, 0.3) is 0 Å². The highest BCUT2D eigenvalue weighted by molar-refractivity contribution is 5.72. The van der Waals surface area contributed by atoms with E-state index in [-0.39, 0.29) is 24.0 Å². The third-order valence-corrected chi connectivity index (χ3v) is 4.93. The molecule has 0 radical (unpaired) electrons. The van der Waals surface area contributed by atoms with E-state index < -0.39 is 0 Å². The summed E-state index contributed by atoms with van der Waals surface area (Å²) in [6.07, 6.45) is 6.47. The highest BCUT2D eigenvalue weighted by atomic mass is 16.5. The standard InChI is InChI=1S/C18H35NO2/c1-12(2)16-10-9-13(3)11-17(16)21-18(20)14(4)7-6-8-15(5)19/h12-17H,6-11,19H2,1-5H3. The van der Waals surface area contributed by atoms with Gasteiger partial charge in [-0.25, -0.2) is 0 Å². The molecule has 1 rings (SSSR count). The molecule has 124 valence electrons. The van der Waals surface area contributed by atoms with Crippen molar-refractivity contribution in [2.45, 2.75) is 85.3 Å². The predicted octanol–water partition coefficient (Wildman–Crippen LogP) is 4.14. The highest BCUT2D eigenvalue weighted by Gasteiger charge is 2.34. The van der Waals surface area contributed by atoms with E-state index in [0.29, 0.717) is 17.8 Å². The molecule has 21 heavy (non-hydrogen) atoms. The maximum absolute atomic E-state index is 12.3. The number of carbonyl (C=O) groups excluding carboxylic acids is 1. The van der Waals surface area contributed by atoms with Gasteiger partial charge in [0.1, 0.15) is 6.10 Å². The van der Waals surface area contributed by atoms with Crippen molar-refractivity contribution in [1.29, 1.82) is 0 Å². The van der Waals surface area contributed by atoms with Crippen LogP contribution in [0.2, 0.25) is 0 Å². The molecule has 0 saturated heterocycles. The summed E-state index contributed by atoms with van der Waals surface area (Å²) in [5.74, 6) is 1.77. The van der Waals surface area contributed by atoms with E-state index in [1.807, 2.05) is 13.8 Å². The van der Waals surface area contributed by atoms with Gasteiger partial charge in [-0.1, -0.05) is 40.5 Å². The largest absolute Gasteiger partial charge is 0.462 e. The predicted molar refractivity (Wildman–Crippen MR) is 87.9 cm³/mol. The molecule has 0 amide bonds. The molecule has 0 aliphatic heterocycles. The molecule has 0 heterocycles. The summed E-state index contributed by atoms with van der Waals surface area (Å²) in [5, 5.41) is 0. The van der Waals surface area contributed by atoms with Gasteiger partial charge in [0, 0.05) is 6.04 Å². The second-order valence-electron chi connectivity index (χ2n) is 7.61. The van der Waals surface area contributed by atoms with Gasteiger partial charge in [0.05, 0.1) is 5.92 Å². The second kappa shape index (κ2) is 8.77. The quantitative estimate of drug-likeness (QED) is 0.718. The first-order chi connectivity index (χ1) is 9.81. The lowest BCUT2D eigenvalue weighted by molar-refractivity contribution is -0.160. The topological polar surface area (TPSA) is 52.3 Å². The Bertz CT molecular complexity index is 314. The number of ether oxygens (including phenoxy) is 1. The SMILES string of the molecule is CC(N)CCCC(C)C(=O)OC1CC(C)CCC1C(C)C.